The highest BCUT2D eigenvalue weighted by molar-refractivity contribution is 7.89. The Kier molecular flexibility index (Phi) is 4.78. The van der Waals surface area contributed by atoms with Gasteiger partial charge in [-0.3, -0.25) is 4.79 Å². The summed E-state index contributed by atoms with van der Waals surface area (Å²) in [7, 11) is -0.571. The van der Waals surface area contributed by atoms with Crippen LogP contribution in [0.3, 0.4) is 0 Å². The second kappa shape index (κ2) is 6.85. The topological polar surface area (TPSA) is 69.7 Å². The van der Waals surface area contributed by atoms with Gasteiger partial charge in [-0.25, -0.2) is 12.7 Å². The molecule has 0 aliphatic carbocycles. The van der Waals surface area contributed by atoms with E-state index in [1.165, 1.54) is 31.8 Å². The van der Waals surface area contributed by atoms with Gasteiger partial charge in [0.2, 0.25) is 15.9 Å². The number of amides is 1. The number of para-hydroxylation sites is 1. The maximum atomic E-state index is 12.4. The molecule has 0 saturated heterocycles. The number of carbonyl (C=O) groups excluding carboxylic acids is 1. The van der Waals surface area contributed by atoms with E-state index in [0.29, 0.717) is 5.69 Å². The molecule has 25 heavy (non-hydrogen) atoms. The van der Waals surface area contributed by atoms with Crippen molar-refractivity contribution in [2.45, 2.75) is 11.3 Å². The zero-order valence-electron chi connectivity index (χ0n) is 14.3. The van der Waals surface area contributed by atoms with Gasteiger partial charge in [0.05, 0.1) is 11.4 Å². The molecule has 2 aromatic carbocycles. The largest absolute Gasteiger partial charge is 0.362 e. The summed E-state index contributed by atoms with van der Waals surface area (Å²) in [5, 5.41) is 2.79. The van der Waals surface area contributed by atoms with Gasteiger partial charge in [-0.2, -0.15) is 0 Å². The Bertz CT molecular complexity index is 894. The average molecular weight is 359 g/mol. The zero-order chi connectivity index (χ0) is 18.0. The summed E-state index contributed by atoms with van der Waals surface area (Å²) in [6.07, 6.45) is 0.931. The van der Waals surface area contributed by atoms with Gasteiger partial charge < -0.3 is 10.2 Å². The molecule has 6 nitrogen and oxygen atoms in total. The normalized spacial score (nSPS) is 13.8. The Labute approximate surface area is 148 Å². The Hall–Kier alpha value is -2.38. The van der Waals surface area contributed by atoms with Gasteiger partial charge in [0.1, 0.15) is 0 Å². The minimum atomic E-state index is -3.53. The molecule has 1 aliphatic rings. The summed E-state index contributed by atoms with van der Waals surface area (Å²) >= 11 is 0. The molecule has 0 saturated carbocycles. The molecule has 1 aliphatic heterocycles. The van der Waals surface area contributed by atoms with Crippen LogP contribution in [0.15, 0.2) is 53.4 Å². The standard InChI is InChI=1S/C18H21N3O3S/c1-20(2)25(23,24)16-8-5-7-15(12-16)19-18(22)13-21-11-10-14-6-3-4-9-17(14)21/h3-9,12H,10-11,13H2,1-2H3,(H,19,22). The van der Waals surface area contributed by atoms with Gasteiger partial charge in [-0.1, -0.05) is 24.3 Å². The third kappa shape index (κ3) is 3.67. The number of sulfonamides is 1. The van der Waals surface area contributed by atoms with Crippen molar-refractivity contribution >= 4 is 27.3 Å². The lowest BCUT2D eigenvalue weighted by atomic mass is 10.2. The monoisotopic (exact) mass is 359 g/mol. The zero-order valence-corrected chi connectivity index (χ0v) is 15.1. The summed E-state index contributed by atoms with van der Waals surface area (Å²) in [4.78, 5) is 14.5. The quantitative estimate of drug-likeness (QED) is 0.886. The Morgan fingerprint density at radius 2 is 1.92 bits per heavy atom. The number of benzene rings is 2. The smallest absolute Gasteiger partial charge is 0.243 e. The van der Waals surface area contributed by atoms with Crippen LogP contribution < -0.4 is 10.2 Å². The van der Waals surface area contributed by atoms with Crippen molar-refractivity contribution < 1.29 is 13.2 Å². The first-order chi connectivity index (χ1) is 11.9. The van der Waals surface area contributed by atoms with Crippen molar-refractivity contribution in [2.24, 2.45) is 0 Å². The number of nitrogens with zero attached hydrogens (tertiary/aromatic N) is 2. The minimum Gasteiger partial charge on any atom is -0.362 e. The van der Waals surface area contributed by atoms with Crippen molar-refractivity contribution in [1.29, 1.82) is 0 Å². The number of anilines is 2. The molecule has 7 heteroatoms. The minimum absolute atomic E-state index is 0.154. The lowest BCUT2D eigenvalue weighted by Gasteiger charge is -2.19. The summed E-state index contributed by atoms with van der Waals surface area (Å²) < 4.78 is 25.5. The van der Waals surface area contributed by atoms with Crippen LogP contribution in [-0.2, 0) is 21.2 Å². The van der Waals surface area contributed by atoms with Crippen molar-refractivity contribution in [2.75, 3.05) is 37.4 Å². The summed E-state index contributed by atoms with van der Waals surface area (Å²) in [6.45, 7) is 1.05. The highest BCUT2D eigenvalue weighted by Crippen LogP contribution is 2.27. The van der Waals surface area contributed by atoms with Gasteiger partial charge >= 0.3 is 0 Å². The fraction of sp³-hybridized carbons (Fsp3) is 0.278. The number of hydrogen-bond acceptors (Lipinski definition) is 4. The molecule has 0 aromatic heterocycles. The maximum absolute atomic E-state index is 12.4. The molecule has 0 radical (unpaired) electrons. The molecule has 1 amide bonds. The van der Waals surface area contributed by atoms with E-state index in [1.54, 1.807) is 12.1 Å². The van der Waals surface area contributed by atoms with Crippen LogP contribution in [0.1, 0.15) is 5.56 Å². The van der Waals surface area contributed by atoms with Crippen LogP contribution in [0.2, 0.25) is 0 Å². The average Bonchev–Trinajstić information content (AvgIpc) is 2.98. The van der Waals surface area contributed by atoms with Crippen LogP contribution >= 0.6 is 0 Å². The van der Waals surface area contributed by atoms with Crippen LogP contribution in [-0.4, -0.2) is 45.8 Å². The Morgan fingerprint density at radius 3 is 2.68 bits per heavy atom. The number of hydrogen-bond donors (Lipinski definition) is 1. The van der Waals surface area contributed by atoms with Gasteiger partial charge in [0, 0.05) is 32.0 Å². The number of carbonyl (C=O) groups is 1. The molecule has 0 bridgehead atoms. The van der Waals surface area contributed by atoms with E-state index in [-0.39, 0.29) is 17.3 Å². The lowest BCUT2D eigenvalue weighted by Crippen LogP contribution is -2.32. The van der Waals surface area contributed by atoms with Crippen molar-refractivity contribution in [1.82, 2.24) is 4.31 Å². The number of nitrogens with one attached hydrogen (secondary N) is 1. The van der Waals surface area contributed by atoms with Gasteiger partial charge in [0.25, 0.3) is 0 Å². The molecule has 1 heterocycles. The van der Waals surface area contributed by atoms with E-state index in [1.807, 2.05) is 23.1 Å². The van der Waals surface area contributed by atoms with Crippen LogP contribution in [0.4, 0.5) is 11.4 Å². The molecular weight excluding hydrogens is 338 g/mol. The predicted molar refractivity (Wildman–Crippen MR) is 98.3 cm³/mol. The molecule has 0 atom stereocenters. The van der Waals surface area contributed by atoms with Crippen molar-refractivity contribution in [3.05, 3.63) is 54.1 Å². The van der Waals surface area contributed by atoms with Crippen molar-refractivity contribution in [3.63, 3.8) is 0 Å². The third-order valence-electron chi connectivity index (χ3n) is 4.21. The highest BCUT2D eigenvalue weighted by Gasteiger charge is 2.21. The SMILES string of the molecule is CN(C)S(=O)(=O)c1cccc(NC(=O)CN2CCc3ccccc32)c1. The van der Waals surface area contributed by atoms with Crippen molar-refractivity contribution in [3.8, 4) is 0 Å². The Balaban J connectivity index is 1.70. The van der Waals surface area contributed by atoms with Crippen LogP contribution in [0, 0.1) is 0 Å². The first-order valence-electron chi connectivity index (χ1n) is 8.03. The summed E-state index contributed by atoms with van der Waals surface area (Å²) in [5.74, 6) is -0.170. The van der Waals surface area contributed by atoms with Crippen LogP contribution in [0.25, 0.3) is 0 Å². The van der Waals surface area contributed by atoms with E-state index in [4.69, 9.17) is 0 Å². The number of fused-ring (bicyclic) bond motifs is 1. The van der Waals surface area contributed by atoms with E-state index >= 15 is 0 Å². The van der Waals surface area contributed by atoms with Gasteiger partial charge in [-0.05, 0) is 36.2 Å². The molecule has 132 valence electrons. The fourth-order valence-electron chi connectivity index (χ4n) is 2.89. The predicted octanol–water partition coefficient (Wildman–Crippen LogP) is 1.94. The van der Waals surface area contributed by atoms with E-state index in [0.717, 1.165) is 23.0 Å². The van der Waals surface area contributed by atoms with Crippen LogP contribution in [0.5, 0.6) is 0 Å². The second-order valence-electron chi connectivity index (χ2n) is 6.16. The molecule has 1 N–H and O–H groups in total. The summed E-state index contributed by atoms with van der Waals surface area (Å²) in [6, 6.07) is 14.3. The molecule has 2 aromatic rings. The Morgan fingerprint density at radius 1 is 1.16 bits per heavy atom. The lowest BCUT2D eigenvalue weighted by molar-refractivity contribution is -0.115. The first-order valence-corrected chi connectivity index (χ1v) is 9.47. The second-order valence-corrected chi connectivity index (χ2v) is 8.32. The van der Waals surface area contributed by atoms with E-state index in [9.17, 15) is 13.2 Å². The first kappa shape index (κ1) is 17.4. The van der Waals surface area contributed by atoms with Gasteiger partial charge in [0.15, 0.2) is 0 Å². The molecular formula is C18H21N3O3S. The summed E-state index contributed by atoms with van der Waals surface area (Å²) in [5.41, 5.74) is 2.80. The number of rotatable bonds is 5. The highest BCUT2D eigenvalue weighted by atomic mass is 32.2. The van der Waals surface area contributed by atoms with E-state index in [2.05, 4.69) is 11.4 Å². The third-order valence-corrected chi connectivity index (χ3v) is 6.03. The molecule has 0 unspecified atom stereocenters. The molecule has 3 rings (SSSR count). The van der Waals surface area contributed by atoms with Gasteiger partial charge in [-0.15, -0.1) is 0 Å². The molecule has 0 spiro atoms. The molecule has 0 fully saturated rings. The fourth-order valence-corrected chi connectivity index (χ4v) is 3.84. The maximum Gasteiger partial charge on any atom is 0.243 e. The van der Waals surface area contributed by atoms with E-state index < -0.39 is 10.0 Å².